The third-order valence-corrected chi connectivity index (χ3v) is 4.17. The van der Waals surface area contributed by atoms with Gasteiger partial charge in [-0.15, -0.1) is 0 Å². The molecule has 3 atom stereocenters. The molecular formula is C17H28N2O6. The molecule has 25 heavy (non-hydrogen) atoms. The Bertz CT molecular complexity index is 562. The number of aliphatic hydroxyl groups excluding tert-OH is 1. The van der Waals surface area contributed by atoms with E-state index in [9.17, 15) is 19.5 Å². The molecule has 2 fully saturated rings. The van der Waals surface area contributed by atoms with E-state index in [1.54, 1.807) is 41.5 Å². The number of nitrogens with zero attached hydrogens (tertiary/aromatic N) is 2. The van der Waals surface area contributed by atoms with Crippen LogP contribution in [0.4, 0.5) is 9.59 Å². The zero-order valence-corrected chi connectivity index (χ0v) is 15.7. The minimum atomic E-state index is -0.755. The molecule has 8 heteroatoms. The highest BCUT2D eigenvalue weighted by Gasteiger charge is 2.56. The number of amides is 3. The van der Waals surface area contributed by atoms with Crippen molar-refractivity contribution in [3.63, 3.8) is 0 Å². The van der Waals surface area contributed by atoms with Crippen LogP contribution in [0.1, 0.15) is 41.5 Å². The van der Waals surface area contributed by atoms with E-state index in [4.69, 9.17) is 9.47 Å². The summed E-state index contributed by atoms with van der Waals surface area (Å²) in [4.78, 5) is 39.7. The Morgan fingerprint density at radius 1 is 1.04 bits per heavy atom. The molecule has 2 rings (SSSR count). The van der Waals surface area contributed by atoms with E-state index in [0.29, 0.717) is 0 Å². The van der Waals surface area contributed by atoms with Gasteiger partial charge < -0.3 is 19.5 Å². The van der Waals surface area contributed by atoms with Crippen LogP contribution in [0, 0.1) is 11.8 Å². The third-order valence-electron chi connectivity index (χ3n) is 4.17. The van der Waals surface area contributed by atoms with Crippen molar-refractivity contribution in [2.24, 2.45) is 11.8 Å². The monoisotopic (exact) mass is 356 g/mol. The number of likely N-dealkylation sites (tertiary alicyclic amines) is 2. The second-order valence-electron chi connectivity index (χ2n) is 8.59. The van der Waals surface area contributed by atoms with Gasteiger partial charge in [0.1, 0.15) is 11.2 Å². The van der Waals surface area contributed by atoms with E-state index < -0.39 is 41.3 Å². The van der Waals surface area contributed by atoms with Crippen LogP contribution in [-0.2, 0) is 14.3 Å². The predicted octanol–water partition coefficient (Wildman–Crippen LogP) is 1.61. The van der Waals surface area contributed by atoms with Gasteiger partial charge in [-0.25, -0.2) is 14.5 Å². The highest BCUT2D eigenvalue weighted by Crippen LogP contribution is 2.38. The maximum Gasteiger partial charge on any atom is 0.417 e. The predicted molar refractivity (Wildman–Crippen MR) is 88.7 cm³/mol. The van der Waals surface area contributed by atoms with Crippen molar-refractivity contribution in [3.05, 3.63) is 0 Å². The average Bonchev–Trinajstić information content (AvgIpc) is 2.93. The lowest BCUT2D eigenvalue weighted by molar-refractivity contribution is -0.131. The first-order valence-corrected chi connectivity index (χ1v) is 8.49. The number of hydrogen-bond acceptors (Lipinski definition) is 6. The molecule has 3 amide bonds. The molecule has 2 saturated heterocycles. The van der Waals surface area contributed by atoms with E-state index in [2.05, 4.69) is 0 Å². The molecule has 1 N–H and O–H groups in total. The van der Waals surface area contributed by atoms with Crippen molar-refractivity contribution in [2.75, 3.05) is 19.7 Å². The largest absolute Gasteiger partial charge is 0.444 e. The number of fused-ring (bicyclic) bond motifs is 1. The second-order valence-corrected chi connectivity index (χ2v) is 8.59. The van der Waals surface area contributed by atoms with E-state index in [1.165, 1.54) is 4.90 Å². The number of imide groups is 1. The van der Waals surface area contributed by atoms with Gasteiger partial charge in [-0.1, -0.05) is 0 Å². The van der Waals surface area contributed by atoms with Crippen molar-refractivity contribution in [3.8, 4) is 0 Å². The Morgan fingerprint density at radius 3 is 2.04 bits per heavy atom. The summed E-state index contributed by atoms with van der Waals surface area (Å²) >= 11 is 0. The van der Waals surface area contributed by atoms with Crippen LogP contribution in [0.15, 0.2) is 0 Å². The molecule has 0 aromatic rings. The second kappa shape index (κ2) is 6.48. The molecule has 2 heterocycles. The molecule has 0 radical (unpaired) electrons. The zero-order chi connectivity index (χ0) is 19.2. The average molecular weight is 356 g/mol. The number of ether oxygens (including phenoxy) is 2. The number of rotatable bonds is 1. The molecule has 142 valence electrons. The molecule has 0 aromatic heterocycles. The maximum atomic E-state index is 12.7. The molecule has 8 nitrogen and oxygen atoms in total. The summed E-state index contributed by atoms with van der Waals surface area (Å²) in [6, 6.07) is -0.695. The number of carbonyl (C=O) groups is 3. The maximum absolute atomic E-state index is 12.7. The highest BCUT2D eigenvalue weighted by atomic mass is 16.6. The molecule has 0 bridgehead atoms. The van der Waals surface area contributed by atoms with Gasteiger partial charge >= 0.3 is 12.2 Å². The fourth-order valence-corrected chi connectivity index (χ4v) is 3.24. The lowest BCUT2D eigenvalue weighted by Crippen LogP contribution is -2.47. The van der Waals surface area contributed by atoms with Crippen molar-refractivity contribution in [1.82, 2.24) is 9.80 Å². The zero-order valence-electron chi connectivity index (χ0n) is 15.7. The van der Waals surface area contributed by atoms with Crippen molar-refractivity contribution >= 4 is 18.1 Å². The number of carbonyl (C=O) groups excluding carboxylic acids is 3. The van der Waals surface area contributed by atoms with Crippen LogP contribution in [0.5, 0.6) is 0 Å². The van der Waals surface area contributed by atoms with Gasteiger partial charge in [-0.2, -0.15) is 0 Å². The quantitative estimate of drug-likeness (QED) is 0.767. The molecule has 0 saturated carbocycles. The topological polar surface area (TPSA) is 96.4 Å². The lowest BCUT2D eigenvalue weighted by atomic mass is 9.94. The summed E-state index contributed by atoms with van der Waals surface area (Å²) in [6.07, 6.45) is -1.25. The fraction of sp³-hybridized carbons (Fsp3) is 0.824. The summed E-state index contributed by atoms with van der Waals surface area (Å²) in [5.41, 5.74) is -1.37. The van der Waals surface area contributed by atoms with Crippen LogP contribution < -0.4 is 0 Å². The molecule has 2 aliphatic heterocycles. The van der Waals surface area contributed by atoms with Crippen LogP contribution in [0.2, 0.25) is 0 Å². The Balaban J connectivity index is 2.12. The van der Waals surface area contributed by atoms with Crippen molar-refractivity contribution < 1.29 is 29.0 Å². The van der Waals surface area contributed by atoms with E-state index >= 15 is 0 Å². The van der Waals surface area contributed by atoms with Gasteiger partial charge in [0.15, 0.2) is 0 Å². The first kappa shape index (κ1) is 19.5. The first-order valence-electron chi connectivity index (χ1n) is 8.49. The third kappa shape index (κ3) is 4.23. The van der Waals surface area contributed by atoms with Gasteiger partial charge in [0, 0.05) is 19.0 Å². The normalized spacial score (nSPS) is 26.7. The molecule has 0 spiro atoms. The minimum Gasteiger partial charge on any atom is -0.444 e. The van der Waals surface area contributed by atoms with E-state index in [0.717, 1.165) is 4.90 Å². The van der Waals surface area contributed by atoms with Crippen LogP contribution in [0.3, 0.4) is 0 Å². The lowest BCUT2D eigenvalue weighted by Gasteiger charge is -2.30. The Labute approximate surface area is 148 Å². The summed E-state index contributed by atoms with van der Waals surface area (Å²) in [5, 5.41) is 9.72. The summed E-state index contributed by atoms with van der Waals surface area (Å²) in [7, 11) is 0. The first-order chi connectivity index (χ1) is 11.3. The Kier molecular flexibility index (Phi) is 5.05. The number of hydrogen-bond donors (Lipinski definition) is 1. The smallest absolute Gasteiger partial charge is 0.417 e. The van der Waals surface area contributed by atoms with E-state index in [-0.39, 0.29) is 25.6 Å². The standard InChI is InChI=1S/C17H28N2O6/c1-16(2,3)24-14(22)18-7-10-11(8-18)13(21)19(12(10)9-20)15(23)25-17(4,5)6/h10-12,20H,7-9H2,1-6H3/t10-,11+,12+/m0/s1. The summed E-state index contributed by atoms with van der Waals surface area (Å²) in [5.74, 6) is -1.26. The van der Waals surface area contributed by atoms with Crippen LogP contribution in [0.25, 0.3) is 0 Å². The Morgan fingerprint density at radius 2 is 1.56 bits per heavy atom. The van der Waals surface area contributed by atoms with Crippen molar-refractivity contribution in [2.45, 2.75) is 58.8 Å². The summed E-state index contributed by atoms with van der Waals surface area (Å²) < 4.78 is 10.6. The summed E-state index contributed by atoms with van der Waals surface area (Å²) in [6.45, 7) is 10.5. The van der Waals surface area contributed by atoms with Crippen molar-refractivity contribution in [1.29, 1.82) is 0 Å². The molecule has 0 unspecified atom stereocenters. The Hall–Kier alpha value is -1.83. The van der Waals surface area contributed by atoms with Crippen LogP contribution in [-0.4, -0.2) is 69.9 Å². The molecule has 0 aliphatic carbocycles. The number of aliphatic hydroxyl groups is 1. The van der Waals surface area contributed by atoms with Gasteiger partial charge in [0.25, 0.3) is 0 Å². The highest BCUT2D eigenvalue weighted by molar-refractivity contribution is 5.96. The molecule has 0 aromatic carbocycles. The SMILES string of the molecule is CC(C)(C)OC(=O)N1C[C@@H]2[C@@H](CO)N(C(=O)OC(C)(C)C)C(=O)[C@@H]2C1. The van der Waals surface area contributed by atoms with E-state index in [1.807, 2.05) is 0 Å². The van der Waals surface area contributed by atoms with Gasteiger partial charge in [0.2, 0.25) is 5.91 Å². The molecule has 2 aliphatic rings. The minimum absolute atomic E-state index is 0.175. The van der Waals surface area contributed by atoms with Gasteiger partial charge in [0.05, 0.1) is 18.6 Å². The fourth-order valence-electron chi connectivity index (χ4n) is 3.24. The van der Waals surface area contributed by atoms with Gasteiger partial charge in [-0.05, 0) is 41.5 Å². The molecular weight excluding hydrogens is 328 g/mol. The van der Waals surface area contributed by atoms with Crippen LogP contribution >= 0.6 is 0 Å². The van der Waals surface area contributed by atoms with Gasteiger partial charge in [-0.3, -0.25) is 4.79 Å².